The van der Waals surface area contributed by atoms with Crippen molar-refractivity contribution in [1.29, 1.82) is 0 Å². The Kier molecular flexibility index (Phi) is 6.60. The Balaban J connectivity index is 2.40. The number of amides is 1. The van der Waals surface area contributed by atoms with Crippen LogP contribution in [0, 0.1) is 0 Å². The maximum absolute atomic E-state index is 11.6. The van der Waals surface area contributed by atoms with Gasteiger partial charge in [-0.05, 0) is 37.5 Å². The summed E-state index contributed by atoms with van der Waals surface area (Å²) in [4.78, 5) is 11.6. The van der Waals surface area contributed by atoms with Crippen molar-refractivity contribution in [2.45, 2.75) is 32.2 Å². The second-order valence-corrected chi connectivity index (χ2v) is 5.22. The van der Waals surface area contributed by atoms with E-state index in [9.17, 15) is 4.79 Å². The van der Waals surface area contributed by atoms with E-state index in [-0.39, 0.29) is 11.9 Å². The fourth-order valence-corrected chi connectivity index (χ4v) is 2.05. The van der Waals surface area contributed by atoms with Crippen LogP contribution >= 0.6 is 27.5 Å². The minimum Gasteiger partial charge on any atom is -0.350 e. The molecule has 1 aromatic carbocycles. The summed E-state index contributed by atoms with van der Waals surface area (Å²) in [5.74, 6) is 0.105. The number of benzene rings is 1. The van der Waals surface area contributed by atoms with E-state index in [1.807, 2.05) is 31.2 Å². The zero-order valence-corrected chi connectivity index (χ0v) is 12.2. The van der Waals surface area contributed by atoms with Gasteiger partial charge in [0, 0.05) is 16.8 Å². The highest BCUT2D eigenvalue weighted by Gasteiger charge is 2.08. The number of alkyl halides is 1. The lowest BCUT2D eigenvalue weighted by Gasteiger charge is -2.14. The first kappa shape index (κ1) is 14.5. The van der Waals surface area contributed by atoms with Gasteiger partial charge in [-0.1, -0.05) is 39.7 Å². The fraction of sp³-hybridized carbons (Fsp3) is 0.462. The molecule has 1 atom stereocenters. The van der Waals surface area contributed by atoms with Gasteiger partial charge < -0.3 is 5.32 Å². The molecule has 94 valence electrons. The number of halogens is 2. The second kappa shape index (κ2) is 7.72. The lowest BCUT2D eigenvalue weighted by Crippen LogP contribution is -2.26. The lowest BCUT2D eigenvalue weighted by atomic mass is 10.1. The standard InChI is InChI=1S/C13H17BrClNO/c1-10(11-5-7-12(15)8-6-11)16-13(17)4-2-3-9-14/h5-8,10H,2-4,9H2,1H3,(H,16,17)/t10-/m1/s1. The molecule has 17 heavy (non-hydrogen) atoms. The zero-order chi connectivity index (χ0) is 12.7. The van der Waals surface area contributed by atoms with Crippen molar-refractivity contribution in [1.82, 2.24) is 5.32 Å². The van der Waals surface area contributed by atoms with Gasteiger partial charge in [0.2, 0.25) is 5.91 Å². The molecule has 0 aromatic heterocycles. The minimum atomic E-state index is 0.0312. The zero-order valence-electron chi connectivity index (χ0n) is 9.88. The summed E-state index contributed by atoms with van der Waals surface area (Å²) in [5.41, 5.74) is 1.07. The molecule has 0 aliphatic heterocycles. The van der Waals surface area contributed by atoms with Crippen LogP contribution in [0.25, 0.3) is 0 Å². The molecule has 0 saturated heterocycles. The summed E-state index contributed by atoms with van der Waals surface area (Å²) in [5, 5.41) is 4.64. The molecule has 0 saturated carbocycles. The van der Waals surface area contributed by atoms with Gasteiger partial charge in [-0.25, -0.2) is 0 Å². The molecule has 0 radical (unpaired) electrons. The van der Waals surface area contributed by atoms with Crippen LogP contribution in [0.5, 0.6) is 0 Å². The van der Waals surface area contributed by atoms with Gasteiger partial charge in [0.25, 0.3) is 0 Å². The Hall–Kier alpha value is -0.540. The number of nitrogens with one attached hydrogen (secondary N) is 1. The van der Waals surface area contributed by atoms with Crippen LogP contribution in [-0.4, -0.2) is 11.2 Å². The van der Waals surface area contributed by atoms with Crippen molar-refractivity contribution >= 4 is 33.4 Å². The van der Waals surface area contributed by atoms with Crippen molar-refractivity contribution in [3.63, 3.8) is 0 Å². The van der Waals surface area contributed by atoms with Gasteiger partial charge >= 0.3 is 0 Å². The molecule has 2 nitrogen and oxygen atoms in total. The third-order valence-corrected chi connectivity index (χ3v) is 3.35. The summed E-state index contributed by atoms with van der Waals surface area (Å²) < 4.78 is 0. The summed E-state index contributed by atoms with van der Waals surface area (Å²) in [6.07, 6.45) is 2.54. The SMILES string of the molecule is C[C@@H](NC(=O)CCCCBr)c1ccc(Cl)cc1. The first-order valence-electron chi connectivity index (χ1n) is 5.74. The van der Waals surface area contributed by atoms with Crippen molar-refractivity contribution < 1.29 is 4.79 Å². The maximum atomic E-state index is 11.6. The number of carbonyl (C=O) groups is 1. The van der Waals surface area contributed by atoms with Crippen LogP contribution in [0.4, 0.5) is 0 Å². The van der Waals surface area contributed by atoms with E-state index in [0.29, 0.717) is 11.4 Å². The monoisotopic (exact) mass is 317 g/mol. The Labute approximate surface area is 116 Å². The molecule has 0 unspecified atom stereocenters. The molecule has 1 aromatic rings. The van der Waals surface area contributed by atoms with E-state index in [1.165, 1.54) is 0 Å². The van der Waals surface area contributed by atoms with Crippen molar-refractivity contribution in [2.24, 2.45) is 0 Å². The number of unbranched alkanes of at least 4 members (excludes halogenated alkanes) is 1. The molecular formula is C13H17BrClNO. The van der Waals surface area contributed by atoms with Crippen LogP contribution in [0.2, 0.25) is 5.02 Å². The Morgan fingerprint density at radius 1 is 1.35 bits per heavy atom. The first-order chi connectivity index (χ1) is 8.13. The lowest BCUT2D eigenvalue weighted by molar-refractivity contribution is -0.121. The molecule has 0 spiro atoms. The Morgan fingerprint density at radius 3 is 2.59 bits per heavy atom. The van der Waals surface area contributed by atoms with Crippen LogP contribution in [0.3, 0.4) is 0 Å². The molecule has 0 aliphatic rings. The van der Waals surface area contributed by atoms with E-state index < -0.39 is 0 Å². The molecule has 0 bridgehead atoms. The van der Waals surface area contributed by atoms with E-state index in [4.69, 9.17) is 11.6 Å². The highest BCUT2D eigenvalue weighted by atomic mass is 79.9. The number of rotatable bonds is 6. The average molecular weight is 319 g/mol. The maximum Gasteiger partial charge on any atom is 0.220 e. The predicted octanol–water partition coefficient (Wildman–Crippen LogP) is 4.08. The van der Waals surface area contributed by atoms with E-state index in [2.05, 4.69) is 21.2 Å². The third-order valence-electron chi connectivity index (χ3n) is 2.53. The second-order valence-electron chi connectivity index (χ2n) is 3.99. The third kappa shape index (κ3) is 5.55. The number of hydrogen-bond donors (Lipinski definition) is 1. The fourth-order valence-electron chi connectivity index (χ4n) is 1.53. The van der Waals surface area contributed by atoms with Crippen molar-refractivity contribution in [3.8, 4) is 0 Å². The normalized spacial score (nSPS) is 12.2. The van der Waals surface area contributed by atoms with Gasteiger partial charge in [-0.3, -0.25) is 4.79 Å². The van der Waals surface area contributed by atoms with Crippen LogP contribution < -0.4 is 5.32 Å². The molecular weight excluding hydrogens is 302 g/mol. The molecule has 1 rings (SSSR count). The summed E-state index contributed by atoms with van der Waals surface area (Å²) >= 11 is 9.16. The van der Waals surface area contributed by atoms with Crippen molar-refractivity contribution in [2.75, 3.05) is 5.33 Å². The minimum absolute atomic E-state index is 0.0312. The molecule has 1 amide bonds. The highest BCUT2D eigenvalue weighted by molar-refractivity contribution is 9.09. The predicted molar refractivity (Wildman–Crippen MR) is 75.7 cm³/mol. The number of carbonyl (C=O) groups excluding carboxylic acids is 1. The molecule has 4 heteroatoms. The summed E-state index contributed by atoms with van der Waals surface area (Å²) in [6.45, 7) is 1.98. The summed E-state index contributed by atoms with van der Waals surface area (Å²) in [7, 11) is 0. The average Bonchev–Trinajstić information content (AvgIpc) is 2.30. The van der Waals surface area contributed by atoms with E-state index >= 15 is 0 Å². The van der Waals surface area contributed by atoms with Gasteiger partial charge in [0.1, 0.15) is 0 Å². The van der Waals surface area contributed by atoms with Crippen molar-refractivity contribution in [3.05, 3.63) is 34.9 Å². The topological polar surface area (TPSA) is 29.1 Å². The van der Waals surface area contributed by atoms with Crippen LogP contribution in [-0.2, 0) is 4.79 Å². The first-order valence-corrected chi connectivity index (χ1v) is 7.24. The van der Waals surface area contributed by atoms with Gasteiger partial charge in [0.05, 0.1) is 6.04 Å². The highest BCUT2D eigenvalue weighted by Crippen LogP contribution is 2.16. The van der Waals surface area contributed by atoms with E-state index in [0.717, 1.165) is 23.7 Å². The Morgan fingerprint density at radius 2 is 2.00 bits per heavy atom. The molecule has 0 heterocycles. The Bertz CT molecular complexity index is 353. The van der Waals surface area contributed by atoms with Crippen LogP contribution in [0.15, 0.2) is 24.3 Å². The van der Waals surface area contributed by atoms with Crippen LogP contribution in [0.1, 0.15) is 37.8 Å². The quantitative estimate of drug-likeness (QED) is 0.621. The van der Waals surface area contributed by atoms with Gasteiger partial charge in [-0.2, -0.15) is 0 Å². The van der Waals surface area contributed by atoms with Gasteiger partial charge in [-0.15, -0.1) is 0 Å². The number of hydrogen-bond acceptors (Lipinski definition) is 1. The smallest absolute Gasteiger partial charge is 0.220 e. The van der Waals surface area contributed by atoms with E-state index in [1.54, 1.807) is 0 Å². The molecule has 0 fully saturated rings. The summed E-state index contributed by atoms with van der Waals surface area (Å²) in [6, 6.07) is 7.58. The largest absolute Gasteiger partial charge is 0.350 e. The van der Waals surface area contributed by atoms with Gasteiger partial charge in [0.15, 0.2) is 0 Å². The molecule has 0 aliphatic carbocycles. The molecule has 1 N–H and O–H groups in total.